The Hall–Kier alpha value is -2.46. The molecular weight excluding hydrogens is 276 g/mol. The summed E-state index contributed by atoms with van der Waals surface area (Å²) in [4.78, 5) is 43.3. The molecule has 0 aliphatic carbocycles. The second-order valence-corrected chi connectivity index (χ2v) is 3.87. The Balaban J connectivity index is 0. The summed E-state index contributed by atoms with van der Waals surface area (Å²) in [5.74, 6) is -6.39. The summed E-state index contributed by atoms with van der Waals surface area (Å²) in [6, 6.07) is -1.76. The lowest BCUT2D eigenvalue weighted by Crippen LogP contribution is -2.66. The van der Waals surface area contributed by atoms with Crippen LogP contribution >= 0.6 is 0 Å². The van der Waals surface area contributed by atoms with Gasteiger partial charge in [-0.2, -0.15) is 0 Å². The van der Waals surface area contributed by atoms with Crippen molar-refractivity contribution in [2.45, 2.75) is 6.04 Å². The Bertz CT molecular complexity index is 379. The highest BCUT2D eigenvalue weighted by atomic mass is 16.4. The number of carbonyl (C=O) groups excluding carboxylic acids is 1. The Kier molecular flexibility index (Phi) is 7.81. The van der Waals surface area contributed by atoms with Crippen LogP contribution in [0.1, 0.15) is 0 Å². The largest absolute Gasteiger partial charge is 0.544 e. The van der Waals surface area contributed by atoms with Gasteiger partial charge in [-0.3, -0.25) is 4.48 Å². The van der Waals surface area contributed by atoms with E-state index in [0.29, 0.717) is 0 Å². The lowest BCUT2D eigenvalue weighted by Gasteiger charge is -2.40. The number of nitrogens with zero attached hydrogens (tertiary/aromatic N) is 1. The lowest BCUT2D eigenvalue weighted by atomic mass is 10.1. The summed E-state index contributed by atoms with van der Waals surface area (Å²) in [5.41, 5.74) is 0. The van der Waals surface area contributed by atoms with E-state index in [2.05, 4.69) is 6.58 Å². The van der Waals surface area contributed by atoms with Crippen molar-refractivity contribution in [2.75, 3.05) is 19.6 Å². The van der Waals surface area contributed by atoms with Gasteiger partial charge < -0.3 is 31.4 Å². The van der Waals surface area contributed by atoms with Crippen LogP contribution in [0, 0.1) is 0 Å². The SMILES string of the molecule is C=CC(C(=O)[O-])[N+](CC(=O)O)(CC(=O)O)CC(=O)O.N. The van der Waals surface area contributed by atoms with Gasteiger partial charge in [0.1, 0.15) is 12.0 Å². The van der Waals surface area contributed by atoms with Crippen LogP contribution in [0.3, 0.4) is 0 Å². The van der Waals surface area contributed by atoms with Crippen molar-refractivity contribution in [3.8, 4) is 0 Å². The fraction of sp³-hybridized carbons (Fsp3) is 0.400. The number of hydrogen-bond acceptors (Lipinski definition) is 6. The normalized spacial score (nSPS) is 11.8. The summed E-state index contributed by atoms with van der Waals surface area (Å²) in [6.07, 6.45) is 0.768. The summed E-state index contributed by atoms with van der Waals surface area (Å²) >= 11 is 0. The molecule has 0 spiro atoms. The second kappa shape index (κ2) is 7.86. The molecule has 0 aliphatic heterocycles. The molecule has 0 aromatic carbocycles. The molecule has 0 rings (SSSR count). The van der Waals surface area contributed by atoms with Gasteiger partial charge in [0.2, 0.25) is 0 Å². The first-order valence-corrected chi connectivity index (χ1v) is 4.99. The van der Waals surface area contributed by atoms with Gasteiger partial charge in [0, 0.05) is 0 Å². The molecule has 0 heterocycles. The molecule has 1 atom stereocenters. The molecule has 1 unspecified atom stereocenters. The number of rotatable bonds is 9. The molecule has 0 amide bonds. The van der Waals surface area contributed by atoms with Gasteiger partial charge in [-0.25, -0.2) is 14.4 Å². The van der Waals surface area contributed by atoms with E-state index in [1.165, 1.54) is 0 Å². The number of carboxylic acid groups (broad SMARTS) is 4. The summed E-state index contributed by atoms with van der Waals surface area (Å²) in [7, 11) is 0. The number of aliphatic carboxylic acids is 4. The Labute approximate surface area is 113 Å². The fourth-order valence-electron chi connectivity index (χ4n) is 1.81. The van der Waals surface area contributed by atoms with E-state index < -0.39 is 54.0 Å². The van der Waals surface area contributed by atoms with Crippen molar-refractivity contribution in [1.29, 1.82) is 0 Å². The average molecular weight is 292 g/mol. The zero-order chi connectivity index (χ0) is 15.2. The number of hydrogen-bond donors (Lipinski definition) is 4. The van der Waals surface area contributed by atoms with E-state index in [4.69, 9.17) is 15.3 Å². The molecule has 0 fully saturated rings. The predicted octanol–water partition coefficient (Wildman–Crippen LogP) is -2.48. The minimum absolute atomic E-state index is 0. The van der Waals surface area contributed by atoms with Crippen LogP contribution in [0.4, 0.5) is 0 Å². The first-order valence-electron chi connectivity index (χ1n) is 4.99. The molecular formula is C10H16N2O8. The highest BCUT2D eigenvalue weighted by Crippen LogP contribution is 2.15. The molecule has 0 saturated carbocycles. The molecule has 10 heteroatoms. The Morgan fingerprint density at radius 1 is 1.00 bits per heavy atom. The smallest absolute Gasteiger partial charge is 0.359 e. The van der Waals surface area contributed by atoms with Crippen molar-refractivity contribution in [2.24, 2.45) is 0 Å². The molecule has 0 saturated heterocycles. The molecule has 114 valence electrons. The maximum absolute atomic E-state index is 10.9. The fourth-order valence-corrected chi connectivity index (χ4v) is 1.81. The van der Waals surface area contributed by atoms with Crippen LogP contribution in [0.15, 0.2) is 12.7 Å². The van der Waals surface area contributed by atoms with Crippen molar-refractivity contribution >= 4 is 23.9 Å². The van der Waals surface area contributed by atoms with E-state index >= 15 is 0 Å². The van der Waals surface area contributed by atoms with Gasteiger partial charge >= 0.3 is 17.9 Å². The standard InChI is InChI=1S/C10H13NO8.H3N/c1-2-6(10(18)19)11(3-7(12)13,4-8(14)15)5-9(16)17;/h2,6H,1,3-5H2,(H3-,12,13,14,15,16,17,18,19);1H3. The summed E-state index contributed by atoms with van der Waals surface area (Å²) in [6.45, 7) is 0.165. The third-order valence-corrected chi connectivity index (χ3v) is 2.41. The zero-order valence-corrected chi connectivity index (χ0v) is 10.5. The van der Waals surface area contributed by atoms with Gasteiger partial charge in [0.15, 0.2) is 19.6 Å². The van der Waals surface area contributed by atoms with Gasteiger partial charge in [0.25, 0.3) is 0 Å². The maximum atomic E-state index is 10.9. The highest BCUT2D eigenvalue weighted by molar-refractivity contribution is 5.77. The molecule has 0 aliphatic rings. The number of carboxylic acids is 4. The van der Waals surface area contributed by atoms with Crippen molar-refractivity contribution in [3.63, 3.8) is 0 Å². The molecule has 0 bridgehead atoms. The van der Waals surface area contributed by atoms with Gasteiger partial charge in [0.05, 0.1) is 0 Å². The first-order chi connectivity index (χ1) is 8.64. The quantitative estimate of drug-likeness (QED) is 0.263. The Morgan fingerprint density at radius 2 is 1.30 bits per heavy atom. The van der Waals surface area contributed by atoms with Gasteiger partial charge in [-0.1, -0.05) is 6.58 Å². The molecule has 0 aromatic heterocycles. The molecule has 0 aromatic rings. The lowest BCUT2D eigenvalue weighted by molar-refractivity contribution is -0.918. The summed E-state index contributed by atoms with van der Waals surface area (Å²) < 4.78 is -1.24. The molecule has 20 heavy (non-hydrogen) atoms. The maximum Gasteiger partial charge on any atom is 0.359 e. The predicted molar refractivity (Wildman–Crippen MR) is 61.8 cm³/mol. The summed E-state index contributed by atoms with van der Waals surface area (Å²) in [5, 5.41) is 37.2. The van der Waals surface area contributed by atoms with E-state index in [0.717, 1.165) is 6.08 Å². The number of carbonyl (C=O) groups is 4. The molecule has 0 radical (unpaired) electrons. The zero-order valence-electron chi connectivity index (χ0n) is 10.5. The van der Waals surface area contributed by atoms with Crippen molar-refractivity contribution in [3.05, 3.63) is 12.7 Å². The molecule has 6 N–H and O–H groups in total. The van der Waals surface area contributed by atoms with E-state index in [-0.39, 0.29) is 6.15 Å². The Morgan fingerprint density at radius 3 is 1.45 bits per heavy atom. The van der Waals surface area contributed by atoms with Crippen LogP contribution < -0.4 is 11.3 Å². The van der Waals surface area contributed by atoms with Crippen LogP contribution in [0.2, 0.25) is 0 Å². The average Bonchev–Trinajstić information content (AvgIpc) is 2.12. The van der Waals surface area contributed by atoms with E-state index in [1.807, 2.05) is 0 Å². The van der Waals surface area contributed by atoms with Crippen LogP contribution in [-0.4, -0.2) is 69.4 Å². The first kappa shape index (κ1) is 19.9. The number of quaternary nitrogens is 1. The minimum Gasteiger partial charge on any atom is -0.544 e. The molecule has 10 nitrogen and oxygen atoms in total. The second-order valence-electron chi connectivity index (χ2n) is 3.87. The van der Waals surface area contributed by atoms with E-state index in [9.17, 15) is 24.3 Å². The van der Waals surface area contributed by atoms with Crippen LogP contribution in [0.5, 0.6) is 0 Å². The van der Waals surface area contributed by atoms with Gasteiger partial charge in [-0.05, 0) is 6.08 Å². The van der Waals surface area contributed by atoms with E-state index in [1.54, 1.807) is 0 Å². The van der Waals surface area contributed by atoms with Crippen LogP contribution in [0.25, 0.3) is 0 Å². The van der Waals surface area contributed by atoms with Crippen molar-refractivity contribution < 1.29 is 44.1 Å². The van der Waals surface area contributed by atoms with Crippen LogP contribution in [-0.2, 0) is 19.2 Å². The van der Waals surface area contributed by atoms with Gasteiger partial charge in [-0.15, -0.1) is 0 Å². The monoisotopic (exact) mass is 292 g/mol. The van der Waals surface area contributed by atoms with Crippen molar-refractivity contribution in [1.82, 2.24) is 6.15 Å². The topological polar surface area (TPSA) is 187 Å². The third-order valence-electron chi connectivity index (χ3n) is 2.41. The minimum atomic E-state index is -1.79. The third kappa shape index (κ3) is 5.46. The highest BCUT2D eigenvalue weighted by Gasteiger charge is 2.42.